The molecule has 7 heteroatoms. The first kappa shape index (κ1) is 39.1. The highest BCUT2D eigenvalue weighted by molar-refractivity contribution is 5.86. The van der Waals surface area contributed by atoms with Crippen molar-refractivity contribution in [2.24, 2.45) is 0 Å². The summed E-state index contributed by atoms with van der Waals surface area (Å²) in [6, 6.07) is 70.1. The first-order chi connectivity index (χ1) is 31.9. The number of rotatable bonds is 8. The Morgan fingerprint density at radius 1 is 0.308 bits per heavy atom. The van der Waals surface area contributed by atoms with Gasteiger partial charge in [-0.05, 0) is 80.9 Å². The van der Waals surface area contributed by atoms with E-state index in [0.717, 1.165) is 66.8 Å². The third kappa shape index (κ3) is 7.43. The van der Waals surface area contributed by atoms with Gasteiger partial charge in [-0.2, -0.15) is 5.26 Å². The van der Waals surface area contributed by atoms with E-state index in [9.17, 15) is 5.26 Å². The quantitative estimate of drug-likeness (QED) is 0.150. The molecule has 2 heterocycles. The fourth-order valence-corrected chi connectivity index (χ4v) is 8.77. The summed E-state index contributed by atoms with van der Waals surface area (Å²) in [5.41, 5.74) is 14.3. The van der Waals surface area contributed by atoms with Gasteiger partial charge in [0.25, 0.3) is 0 Å². The summed E-state index contributed by atoms with van der Waals surface area (Å²) in [5.74, 6) is 3.31. The fraction of sp³-hybridized carbons (Fsp3) is 0.0517. The highest BCUT2D eigenvalue weighted by Gasteiger charge is 2.36. The van der Waals surface area contributed by atoms with Crippen molar-refractivity contribution in [3.8, 4) is 108 Å². The van der Waals surface area contributed by atoms with E-state index in [-0.39, 0.29) is 5.41 Å². The molecule has 0 atom stereocenters. The molecule has 0 saturated carbocycles. The van der Waals surface area contributed by atoms with Crippen molar-refractivity contribution >= 4 is 0 Å². The minimum atomic E-state index is -0.332. The number of hydrogen-bond donors (Lipinski definition) is 0. The molecule has 0 bridgehead atoms. The first-order valence-corrected chi connectivity index (χ1v) is 21.6. The molecule has 1 aliphatic carbocycles. The minimum Gasteiger partial charge on any atom is -0.208 e. The molecule has 0 fully saturated rings. The van der Waals surface area contributed by atoms with E-state index in [4.69, 9.17) is 29.9 Å². The Kier molecular flexibility index (Phi) is 9.75. The van der Waals surface area contributed by atoms with Gasteiger partial charge < -0.3 is 0 Å². The van der Waals surface area contributed by atoms with Gasteiger partial charge in [0.05, 0.1) is 11.6 Å². The van der Waals surface area contributed by atoms with Gasteiger partial charge in [-0.1, -0.05) is 178 Å². The average molecular weight is 834 g/mol. The molecule has 0 N–H and O–H groups in total. The summed E-state index contributed by atoms with van der Waals surface area (Å²) in [6.45, 7) is 4.46. The molecule has 0 aliphatic heterocycles. The summed E-state index contributed by atoms with van der Waals surface area (Å²) in [7, 11) is 0. The third-order valence-corrected chi connectivity index (χ3v) is 12.2. The molecule has 2 aromatic heterocycles. The van der Waals surface area contributed by atoms with E-state index < -0.39 is 0 Å². The summed E-state index contributed by atoms with van der Waals surface area (Å²) in [6.07, 6.45) is 0. The molecule has 0 saturated heterocycles. The SMILES string of the molecule is CC1(C)c2cc(C#N)ccc2-c2ccc(-c3cc(-c4nc(-c5ccccc5)nc(-c5ccccc5)n4)cc(-c4nc(-c5ccccc5)nc(-c5ccc(-c6ccccc6)cc5)n4)c3)cc21. The molecule has 65 heavy (non-hydrogen) atoms. The molecule has 11 rings (SSSR count). The average Bonchev–Trinajstić information content (AvgIpc) is 3.61. The zero-order valence-electron chi connectivity index (χ0n) is 35.7. The second kappa shape index (κ2) is 16.2. The minimum absolute atomic E-state index is 0.332. The highest BCUT2D eigenvalue weighted by atomic mass is 15.0. The standard InChI is InChI=1S/C58H39N7/c1-58(2)50-31-37(36-59)23-29-48(50)49-30-28-44(35-51(49)58)45-32-46(56-62-52(40-17-9-4-10-18-40)60-53(63-56)41-19-11-5-12-20-41)34-47(33-45)57-64-54(42-21-13-6-14-22-42)61-55(65-57)43-26-24-39(25-27-43)38-15-7-3-8-16-38/h3-35H,1-2H3. The number of nitriles is 1. The Morgan fingerprint density at radius 2 is 0.631 bits per heavy atom. The molecular weight excluding hydrogens is 795 g/mol. The Labute approximate surface area is 377 Å². The lowest BCUT2D eigenvalue weighted by atomic mass is 9.81. The molecular formula is C58H39N7. The van der Waals surface area contributed by atoms with Crippen LogP contribution in [0, 0.1) is 11.3 Å². The fourth-order valence-electron chi connectivity index (χ4n) is 8.77. The van der Waals surface area contributed by atoms with Gasteiger partial charge >= 0.3 is 0 Å². The molecule has 10 aromatic rings. The Bertz CT molecular complexity index is 3380. The van der Waals surface area contributed by atoms with Gasteiger partial charge in [0, 0.05) is 38.8 Å². The van der Waals surface area contributed by atoms with Gasteiger partial charge in [0.2, 0.25) is 0 Å². The van der Waals surface area contributed by atoms with Crippen LogP contribution in [0.4, 0.5) is 0 Å². The van der Waals surface area contributed by atoms with E-state index in [2.05, 4.69) is 98.8 Å². The largest absolute Gasteiger partial charge is 0.208 e. The Hall–Kier alpha value is -8.73. The molecule has 1 aliphatic rings. The van der Waals surface area contributed by atoms with Gasteiger partial charge in [-0.25, -0.2) is 29.9 Å². The van der Waals surface area contributed by atoms with Gasteiger partial charge in [-0.3, -0.25) is 0 Å². The number of aromatic nitrogens is 6. The van der Waals surface area contributed by atoms with Crippen molar-refractivity contribution in [1.29, 1.82) is 5.26 Å². The van der Waals surface area contributed by atoms with Crippen LogP contribution in [0.2, 0.25) is 0 Å². The number of fused-ring (bicyclic) bond motifs is 3. The second-order valence-electron chi connectivity index (χ2n) is 16.7. The first-order valence-electron chi connectivity index (χ1n) is 21.6. The van der Waals surface area contributed by atoms with Gasteiger partial charge in [-0.15, -0.1) is 0 Å². The maximum absolute atomic E-state index is 9.79. The Balaban J connectivity index is 1.12. The maximum atomic E-state index is 9.79. The molecule has 0 radical (unpaired) electrons. The number of benzene rings is 8. The van der Waals surface area contributed by atoms with Crippen molar-refractivity contribution in [2.75, 3.05) is 0 Å². The zero-order chi connectivity index (χ0) is 43.9. The van der Waals surface area contributed by atoms with Gasteiger partial charge in [0.1, 0.15) is 0 Å². The third-order valence-electron chi connectivity index (χ3n) is 12.2. The van der Waals surface area contributed by atoms with Crippen LogP contribution < -0.4 is 0 Å². The van der Waals surface area contributed by atoms with Gasteiger partial charge in [0.15, 0.2) is 34.9 Å². The lowest BCUT2D eigenvalue weighted by molar-refractivity contribution is 0.660. The van der Waals surface area contributed by atoms with Crippen LogP contribution in [0.25, 0.3) is 102 Å². The van der Waals surface area contributed by atoms with E-state index in [1.54, 1.807) is 0 Å². The summed E-state index contributed by atoms with van der Waals surface area (Å²) in [5, 5.41) is 9.79. The van der Waals surface area contributed by atoms with Crippen LogP contribution in [0.15, 0.2) is 200 Å². The van der Waals surface area contributed by atoms with E-state index in [1.807, 2.05) is 121 Å². The number of hydrogen-bond acceptors (Lipinski definition) is 7. The maximum Gasteiger partial charge on any atom is 0.164 e. The van der Waals surface area contributed by atoms with E-state index in [1.165, 1.54) is 11.1 Å². The number of nitrogens with zero attached hydrogens (tertiary/aromatic N) is 7. The zero-order valence-corrected chi connectivity index (χ0v) is 35.7. The highest BCUT2D eigenvalue weighted by Crippen LogP contribution is 2.50. The van der Waals surface area contributed by atoms with Crippen LogP contribution in [0.3, 0.4) is 0 Å². The van der Waals surface area contributed by atoms with E-state index in [0.29, 0.717) is 40.5 Å². The molecule has 7 nitrogen and oxygen atoms in total. The molecule has 0 spiro atoms. The molecule has 8 aromatic carbocycles. The van der Waals surface area contributed by atoms with Crippen LogP contribution in [-0.2, 0) is 5.41 Å². The van der Waals surface area contributed by atoms with Crippen LogP contribution in [0.1, 0.15) is 30.5 Å². The second-order valence-corrected chi connectivity index (χ2v) is 16.7. The predicted octanol–water partition coefficient (Wildman–Crippen LogP) is 13.6. The van der Waals surface area contributed by atoms with Crippen molar-refractivity contribution in [3.63, 3.8) is 0 Å². The smallest absolute Gasteiger partial charge is 0.164 e. The summed E-state index contributed by atoms with van der Waals surface area (Å²) >= 11 is 0. The monoisotopic (exact) mass is 833 g/mol. The lowest BCUT2D eigenvalue weighted by Crippen LogP contribution is -2.15. The normalized spacial score (nSPS) is 12.3. The Morgan fingerprint density at radius 3 is 1.08 bits per heavy atom. The van der Waals surface area contributed by atoms with Crippen molar-refractivity contribution < 1.29 is 0 Å². The van der Waals surface area contributed by atoms with Crippen molar-refractivity contribution in [3.05, 3.63) is 217 Å². The van der Waals surface area contributed by atoms with Crippen LogP contribution >= 0.6 is 0 Å². The van der Waals surface area contributed by atoms with Crippen LogP contribution in [-0.4, -0.2) is 29.9 Å². The molecule has 306 valence electrons. The molecule has 0 amide bonds. The lowest BCUT2D eigenvalue weighted by Gasteiger charge is -2.22. The molecule has 0 unspecified atom stereocenters. The van der Waals surface area contributed by atoms with Crippen LogP contribution in [0.5, 0.6) is 0 Å². The van der Waals surface area contributed by atoms with Crippen molar-refractivity contribution in [1.82, 2.24) is 29.9 Å². The van der Waals surface area contributed by atoms with Crippen molar-refractivity contribution in [2.45, 2.75) is 19.3 Å². The topological polar surface area (TPSA) is 101 Å². The van der Waals surface area contributed by atoms with E-state index >= 15 is 0 Å². The predicted molar refractivity (Wildman–Crippen MR) is 259 cm³/mol. The summed E-state index contributed by atoms with van der Waals surface area (Å²) < 4.78 is 0. The summed E-state index contributed by atoms with van der Waals surface area (Å²) in [4.78, 5) is 30.8.